The average molecular weight is 442 g/mol. The molecule has 2 heterocycles. The number of ether oxygens (including phenoxy) is 1. The second-order valence-corrected chi connectivity index (χ2v) is 7.72. The lowest BCUT2D eigenvalue weighted by Gasteiger charge is -2.28. The van der Waals surface area contributed by atoms with Crippen LogP contribution in [0.1, 0.15) is 44.6 Å². The third-order valence-electron chi connectivity index (χ3n) is 5.27. The first-order valence-corrected chi connectivity index (χ1v) is 10.4. The highest BCUT2D eigenvalue weighted by molar-refractivity contribution is 6.33. The summed E-state index contributed by atoms with van der Waals surface area (Å²) < 4.78 is 21.2. The summed E-state index contributed by atoms with van der Waals surface area (Å²) >= 11 is 6.09. The maximum Gasteiger partial charge on any atom is 0.359 e. The third-order valence-corrected chi connectivity index (χ3v) is 5.58. The zero-order valence-electron chi connectivity index (χ0n) is 17.2. The zero-order chi connectivity index (χ0) is 22.1. The second kappa shape index (κ2) is 8.51. The topological polar surface area (TPSA) is 64.4 Å². The fourth-order valence-corrected chi connectivity index (χ4v) is 3.96. The number of halogens is 2. The van der Waals surface area contributed by atoms with E-state index in [4.69, 9.17) is 16.3 Å². The van der Waals surface area contributed by atoms with Gasteiger partial charge < -0.3 is 9.64 Å². The molecule has 8 heteroatoms. The van der Waals surface area contributed by atoms with Gasteiger partial charge in [0.05, 0.1) is 35.1 Å². The van der Waals surface area contributed by atoms with Crippen LogP contribution in [0.4, 0.5) is 4.39 Å². The van der Waals surface area contributed by atoms with Gasteiger partial charge in [0.1, 0.15) is 5.82 Å². The van der Waals surface area contributed by atoms with Gasteiger partial charge in [-0.2, -0.15) is 5.10 Å². The molecule has 0 unspecified atom stereocenters. The van der Waals surface area contributed by atoms with Gasteiger partial charge in [-0.1, -0.05) is 35.4 Å². The largest absolute Gasteiger partial charge is 0.461 e. The predicted molar refractivity (Wildman–Crippen MR) is 114 cm³/mol. The normalized spacial score (nSPS) is 13.1. The Kier molecular flexibility index (Phi) is 5.78. The number of hydrogen-bond donors (Lipinski definition) is 0. The van der Waals surface area contributed by atoms with E-state index >= 15 is 0 Å². The molecule has 0 atom stereocenters. The lowest BCUT2D eigenvalue weighted by molar-refractivity contribution is 0.0513. The first-order valence-electron chi connectivity index (χ1n) is 9.99. The van der Waals surface area contributed by atoms with Crippen molar-refractivity contribution in [3.05, 3.63) is 81.4 Å². The number of carbonyl (C=O) groups excluding carboxylic acids is 2. The first-order chi connectivity index (χ1) is 14.9. The zero-order valence-corrected chi connectivity index (χ0v) is 17.9. The van der Waals surface area contributed by atoms with Gasteiger partial charge in [-0.25, -0.2) is 13.9 Å². The molecule has 160 valence electrons. The number of nitrogens with zero attached hydrogens (tertiary/aromatic N) is 3. The number of aromatic nitrogens is 2. The van der Waals surface area contributed by atoms with Crippen molar-refractivity contribution in [3.63, 3.8) is 0 Å². The number of carbonyl (C=O) groups is 2. The number of aryl methyl sites for hydroxylation is 1. The molecule has 1 aliphatic heterocycles. The lowest BCUT2D eigenvalue weighted by atomic mass is 10.0. The maximum atomic E-state index is 14.3. The van der Waals surface area contributed by atoms with Crippen LogP contribution in [0.3, 0.4) is 0 Å². The number of hydrogen-bond acceptors (Lipinski definition) is 4. The van der Waals surface area contributed by atoms with Crippen molar-refractivity contribution in [2.75, 3.05) is 13.2 Å². The van der Waals surface area contributed by atoms with Crippen molar-refractivity contribution in [2.24, 2.45) is 0 Å². The number of amides is 1. The predicted octanol–water partition coefficient (Wildman–Crippen LogP) is 4.35. The van der Waals surface area contributed by atoms with E-state index in [1.165, 1.54) is 23.1 Å². The van der Waals surface area contributed by atoms with Crippen molar-refractivity contribution in [1.29, 1.82) is 0 Å². The van der Waals surface area contributed by atoms with Crippen LogP contribution in [0.2, 0.25) is 5.02 Å². The fraction of sp³-hybridized carbons (Fsp3) is 0.261. The Labute approximate surface area is 184 Å². The Morgan fingerprint density at radius 2 is 1.94 bits per heavy atom. The first kappa shape index (κ1) is 21.1. The van der Waals surface area contributed by atoms with Crippen LogP contribution in [0, 0.1) is 12.7 Å². The molecule has 0 spiro atoms. The molecule has 0 N–H and O–H groups in total. The highest BCUT2D eigenvalue weighted by Gasteiger charge is 2.32. The van der Waals surface area contributed by atoms with Gasteiger partial charge in [0.25, 0.3) is 5.91 Å². The molecule has 0 bridgehead atoms. The molecule has 1 aromatic heterocycles. The standard InChI is InChI=1S/C23H21ClFN3O3/c1-3-31-23(30)21-16-13-27(22(29)20-17(24)5-4-6-18(20)25)12-11-19(16)28(26-21)15-9-7-14(2)8-10-15/h4-10H,3,11-13H2,1-2H3. The molecule has 3 aromatic rings. The highest BCUT2D eigenvalue weighted by Crippen LogP contribution is 2.29. The number of esters is 1. The highest BCUT2D eigenvalue weighted by atomic mass is 35.5. The number of rotatable bonds is 4. The van der Waals surface area contributed by atoms with E-state index in [1.54, 1.807) is 11.6 Å². The van der Waals surface area contributed by atoms with Gasteiger partial charge in [0.2, 0.25) is 0 Å². The van der Waals surface area contributed by atoms with Crippen LogP contribution in [0.25, 0.3) is 5.69 Å². The molecule has 0 radical (unpaired) electrons. The molecule has 0 fully saturated rings. The van der Waals surface area contributed by atoms with Gasteiger partial charge in [0, 0.05) is 18.5 Å². The molecule has 0 saturated heterocycles. The van der Waals surface area contributed by atoms with Crippen LogP contribution in [0.5, 0.6) is 0 Å². The minimum Gasteiger partial charge on any atom is -0.461 e. The number of fused-ring (bicyclic) bond motifs is 1. The number of benzene rings is 2. The summed E-state index contributed by atoms with van der Waals surface area (Å²) in [6.07, 6.45) is 0.452. The van der Waals surface area contributed by atoms with Gasteiger partial charge in [-0.05, 0) is 38.1 Å². The van der Waals surface area contributed by atoms with Crippen molar-refractivity contribution in [3.8, 4) is 5.69 Å². The van der Waals surface area contributed by atoms with E-state index in [9.17, 15) is 14.0 Å². The Hall–Kier alpha value is -3.19. The van der Waals surface area contributed by atoms with Crippen LogP contribution in [0.15, 0.2) is 42.5 Å². The van der Waals surface area contributed by atoms with Crippen molar-refractivity contribution < 1.29 is 18.7 Å². The molecule has 1 aliphatic rings. The summed E-state index contributed by atoms with van der Waals surface area (Å²) in [5, 5.41) is 4.57. The Morgan fingerprint density at radius 3 is 2.61 bits per heavy atom. The van der Waals surface area contributed by atoms with E-state index in [2.05, 4.69) is 5.10 Å². The van der Waals surface area contributed by atoms with E-state index in [0.717, 1.165) is 16.9 Å². The monoisotopic (exact) mass is 441 g/mol. The molecule has 0 saturated carbocycles. The van der Waals surface area contributed by atoms with Gasteiger partial charge in [0.15, 0.2) is 5.69 Å². The summed E-state index contributed by atoms with van der Waals surface area (Å²) in [5.74, 6) is -1.75. The van der Waals surface area contributed by atoms with E-state index in [1.807, 2.05) is 31.2 Å². The van der Waals surface area contributed by atoms with Crippen molar-refractivity contribution >= 4 is 23.5 Å². The van der Waals surface area contributed by atoms with E-state index in [-0.39, 0.29) is 29.4 Å². The molecule has 4 rings (SSSR count). The summed E-state index contributed by atoms with van der Waals surface area (Å²) in [6.45, 7) is 4.37. The Balaban J connectivity index is 1.74. The van der Waals surface area contributed by atoms with Crippen LogP contribution >= 0.6 is 11.6 Å². The minimum absolute atomic E-state index is 0.0526. The molecule has 0 aliphatic carbocycles. The van der Waals surface area contributed by atoms with Gasteiger partial charge in [-0.3, -0.25) is 4.79 Å². The molecular weight excluding hydrogens is 421 g/mol. The van der Waals surface area contributed by atoms with Crippen molar-refractivity contribution in [1.82, 2.24) is 14.7 Å². The second-order valence-electron chi connectivity index (χ2n) is 7.32. The Morgan fingerprint density at radius 1 is 1.19 bits per heavy atom. The third kappa shape index (κ3) is 3.93. The SMILES string of the molecule is CCOC(=O)c1nn(-c2ccc(C)cc2)c2c1CN(C(=O)c1c(F)cccc1Cl)CC2. The van der Waals surface area contributed by atoms with Gasteiger partial charge >= 0.3 is 5.97 Å². The van der Waals surface area contributed by atoms with Gasteiger partial charge in [-0.15, -0.1) is 0 Å². The maximum absolute atomic E-state index is 14.3. The quantitative estimate of drug-likeness (QED) is 0.565. The molecule has 31 heavy (non-hydrogen) atoms. The molecule has 6 nitrogen and oxygen atoms in total. The minimum atomic E-state index is -0.677. The molecular formula is C23H21ClFN3O3. The van der Waals surface area contributed by atoms with Crippen molar-refractivity contribution in [2.45, 2.75) is 26.8 Å². The summed E-state index contributed by atoms with van der Waals surface area (Å²) in [5.41, 5.74) is 3.34. The van der Waals surface area contributed by atoms with E-state index in [0.29, 0.717) is 18.5 Å². The summed E-state index contributed by atoms with van der Waals surface area (Å²) in [6, 6.07) is 11.9. The summed E-state index contributed by atoms with van der Waals surface area (Å²) in [7, 11) is 0. The fourth-order valence-electron chi connectivity index (χ4n) is 3.72. The van der Waals surface area contributed by atoms with E-state index < -0.39 is 17.7 Å². The van der Waals surface area contributed by atoms with Crippen LogP contribution < -0.4 is 0 Å². The molecule has 2 aromatic carbocycles. The average Bonchev–Trinajstić information content (AvgIpc) is 3.13. The lowest BCUT2D eigenvalue weighted by Crippen LogP contribution is -2.37. The smallest absolute Gasteiger partial charge is 0.359 e. The Bertz CT molecular complexity index is 1140. The van der Waals surface area contributed by atoms with Crippen LogP contribution in [-0.2, 0) is 17.7 Å². The summed E-state index contributed by atoms with van der Waals surface area (Å²) in [4.78, 5) is 27.1. The van der Waals surface area contributed by atoms with Crippen LogP contribution in [-0.4, -0.2) is 39.7 Å². The molecule has 1 amide bonds.